The van der Waals surface area contributed by atoms with Crippen LogP contribution in [-0.4, -0.2) is 88.3 Å². The van der Waals surface area contributed by atoms with Crippen LogP contribution in [0.25, 0.3) is 0 Å². The van der Waals surface area contributed by atoms with Crippen LogP contribution in [0.3, 0.4) is 0 Å². The number of rotatable bonds is 5. The van der Waals surface area contributed by atoms with Gasteiger partial charge in [0.1, 0.15) is 5.60 Å². The van der Waals surface area contributed by atoms with E-state index < -0.39 is 41.4 Å². The zero-order chi connectivity index (χ0) is 14.2. The molecule has 0 saturated carbocycles. The Bertz CT molecular complexity index is 312. The Labute approximate surface area is 145 Å². The Morgan fingerprint density at radius 3 is 1.26 bits per heavy atom. The average molecular weight is 666 g/mol. The molecule has 0 rings (SSSR count). The van der Waals surface area contributed by atoms with Crippen molar-refractivity contribution in [2.75, 3.05) is 0 Å². The van der Waals surface area contributed by atoms with Crippen molar-refractivity contribution in [3.05, 3.63) is 15.3 Å². The summed E-state index contributed by atoms with van der Waals surface area (Å²) in [4.78, 5) is 38.2. The van der Waals surface area contributed by atoms with Crippen molar-refractivity contribution in [3.63, 3.8) is 0 Å². The van der Waals surface area contributed by atoms with Crippen LogP contribution < -0.4 is 15.3 Å². The number of hydrogen-bond donors (Lipinski definition) is 1. The van der Waals surface area contributed by atoms with Gasteiger partial charge in [-0.2, -0.15) is 0 Å². The molecule has 0 aliphatic rings. The molecular weight excluding hydrogens is 660 g/mol. The molecule has 0 heterocycles. The number of aliphatic hydroxyl groups is 1. The zero-order valence-corrected chi connectivity index (χ0v) is 16.8. The molecule has 0 aliphatic carbocycles. The van der Waals surface area contributed by atoms with E-state index >= 15 is 0 Å². The van der Waals surface area contributed by atoms with Gasteiger partial charge in [0.05, 0.1) is 11.1 Å². The molecule has 0 aromatic heterocycles. The fraction of sp³-hybridized carbons (Fsp3) is 0.500. The standard InChI is InChI=1S/C6H8O7.NO3.2Pb/c7-3(8)1-6(13,5(11)12)2-4(9)10;2-1(3)4;;/h13H,1-2H2,(H,7,8)(H,9,10)(H,11,12);;;/q;-1;2*+2/p-3. The number of carboxylic acid groups (broad SMARTS) is 3. The number of hydrogen-bond acceptors (Lipinski definition) is 10. The van der Waals surface area contributed by atoms with Crippen LogP contribution in [-0.2, 0) is 14.4 Å². The quantitative estimate of drug-likeness (QED) is 0.167. The molecule has 0 spiro atoms. The normalized spacial score (nSPS) is 8.68. The van der Waals surface area contributed by atoms with Gasteiger partial charge in [0.25, 0.3) is 0 Å². The van der Waals surface area contributed by atoms with Crippen molar-refractivity contribution in [1.29, 1.82) is 0 Å². The molecule has 1 N–H and O–H groups in total. The summed E-state index contributed by atoms with van der Waals surface area (Å²) in [6, 6.07) is 0. The predicted octanol–water partition coefficient (Wildman–Crippen LogP) is -6.25. The van der Waals surface area contributed by atoms with Crippen LogP contribution in [0.2, 0.25) is 0 Å². The van der Waals surface area contributed by atoms with E-state index in [2.05, 4.69) is 0 Å². The Morgan fingerprint density at radius 1 is 0.947 bits per heavy atom. The summed E-state index contributed by atoms with van der Waals surface area (Å²) in [6.07, 6.45) is -2.72. The molecule has 0 bridgehead atoms. The Balaban J connectivity index is -0.000000165. The summed E-state index contributed by atoms with van der Waals surface area (Å²) in [6.45, 7) is 0. The molecule has 102 valence electrons. The van der Waals surface area contributed by atoms with Gasteiger partial charge >= 0.3 is 54.6 Å². The smallest absolute Gasteiger partial charge is 0.550 e. The van der Waals surface area contributed by atoms with Crippen molar-refractivity contribution < 1.29 is 39.9 Å². The third-order valence-corrected chi connectivity index (χ3v) is 1.25. The van der Waals surface area contributed by atoms with Crippen molar-refractivity contribution in [2.24, 2.45) is 0 Å². The first-order valence-corrected chi connectivity index (χ1v) is 3.66. The van der Waals surface area contributed by atoms with Gasteiger partial charge in [0.15, 0.2) is 0 Å². The van der Waals surface area contributed by atoms with Crippen LogP contribution in [0.15, 0.2) is 0 Å². The van der Waals surface area contributed by atoms with Gasteiger partial charge < -0.3 is 50.1 Å². The molecule has 4 radical (unpaired) electrons. The van der Waals surface area contributed by atoms with E-state index in [-0.39, 0.29) is 54.6 Å². The number of nitrogens with zero attached hydrogens (tertiary/aromatic N) is 1. The average Bonchev–Trinajstić information content (AvgIpc) is 1.98. The maximum Gasteiger partial charge on any atom is 2.00 e. The fourth-order valence-electron chi connectivity index (χ4n) is 0.684. The van der Waals surface area contributed by atoms with E-state index in [9.17, 15) is 29.7 Å². The van der Waals surface area contributed by atoms with Gasteiger partial charge in [-0.15, -0.1) is 0 Å². The summed E-state index contributed by atoms with van der Waals surface area (Å²) in [5.74, 6) is -5.98. The summed E-state index contributed by atoms with van der Waals surface area (Å²) < 4.78 is 0. The molecule has 0 aromatic rings. The van der Waals surface area contributed by atoms with Gasteiger partial charge in [-0.3, -0.25) is 0 Å². The van der Waals surface area contributed by atoms with Crippen LogP contribution in [0.5, 0.6) is 0 Å². The first-order chi connectivity index (χ1) is 7.51. The number of aliphatic carboxylic acids is 3. The van der Waals surface area contributed by atoms with Crippen molar-refractivity contribution in [1.82, 2.24) is 0 Å². The van der Waals surface area contributed by atoms with Gasteiger partial charge in [-0.05, 0) is 0 Å². The van der Waals surface area contributed by atoms with Gasteiger partial charge in [0.2, 0.25) is 0 Å². The molecule has 0 aliphatic heterocycles. The van der Waals surface area contributed by atoms with E-state index in [4.69, 9.17) is 20.4 Å². The van der Waals surface area contributed by atoms with Gasteiger partial charge in [-0.25, -0.2) is 0 Å². The second-order valence-corrected chi connectivity index (χ2v) is 2.64. The van der Waals surface area contributed by atoms with Crippen LogP contribution in [0.1, 0.15) is 12.8 Å². The Hall–Kier alpha value is -0.586. The monoisotopic (exact) mass is 667 g/mol. The molecule has 0 unspecified atom stereocenters. The van der Waals surface area contributed by atoms with E-state index in [1.807, 2.05) is 0 Å². The summed E-state index contributed by atoms with van der Waals surface area (Å²) in [5.41, 5.74) is -2.97. The van der Waals surface area contributed by atoms with Gasteiger partial charge in [-0.1, -0.05) is 0 Å². The molecule has 0 atom stereocenters. The predicted molar refractivity (Wildman–Crippen MR) is 51.1 cm³/mol. The Morgan fingerprint density at radius 2 is 1.16 bits per heavy atom. The van der Waals surface area contributed by atoms with Crippen molar-refractivity contribution in [3.8, 4) is 0 Å². The number of carbonyl (C=O) groups excluding carboxylic acids is 3. The largest absolute Gasteiger partial charge is 2.00 e. The molecule has 0 aromatic carbocycles. The maximum atomic E-state index is 10.1. The zero-order valence-electron chi connectivity index (χ0n) is 8.98. The molecule has 0 amide bonds. The van der Waals surface area contributed by atoms with Gasteiger partial charge in [0, 0.05) is 24.8 Å². The van der Waals surface area contributed by atoms with E-state index in [1.54, 1.807) is 0 Å². The van der Waals surface area contributed by atoms with E-state index in [1.165, 1.54) is 0 Å². The number of carbonyl (C=O) groups is 3. The summed E-state index contributed by atoms with van der Waals surface area (Å²) >= 11 is 0. The molecule has 19 heavy (non-hydrogen) atoms. The maximum absolute atomic E-state index is 10.1. The molecule has 0 fully saturated rings. The van der Waals surface area contributed by atoms with Crippen LogP contribution in [0, 0.1) is 15.3 Å². The number of carboxylic acids is 3. The van der Waals surface area contributed by atoms with Crippen LogP contribution >= 0.6 is 0 Å². The molecule has 11 nitrogen and oxygen atoms in total. The second kappa shape index (κ2) is 12.4. The van der Waals surface area contributed by atoms with Crippen molar-refractivity contribution >= 4 is 72.5 Å². The second-order valence-electron chi connectivity index (χ2n) is 2.64. The first-order valence-electron chi connectivity index (χ1n) is 3.66. The minimum atomic E-state index is -2.97. The topological polar surface area (TPSA) is 207 Å². The van der Waals surface area contributed by atoms with E-state index in [0.717, 1.165) is 0 Å². The minimum absolute atomic E-state index is 0. The summed E-state index contributed by atoms with van der Waals surface area (Å²) in [5, 5.41) is 53.7. The SMILES string of the molecule is O=C([O-])CC(O)(CC(=O)[O-])C(=O)[O-].O=[N+]([O-])[O-].[Pb+2].[Pb+2]. The summed E-state index contributed by atoms with van der Waals surface area (Å²) in [7, 11) is 0. The molecular formula is C6H5NO10Pb2. The third-order valence-electron chi connectivity index (χ3n) is 1.25. The molecule has 0 saturated heterocycles. The molecule has 13 heteroatoms. The first kappa shape index (κ1) is 26.9. The minimum Gasteiger partial charge on any atom is -0.550 e. The van der Waals surface area contributed by atoms with Crippen LogP contribution in [0.4, 0.5) is 0 Å². The van der Waals surface area contributed by atoms with Crippen molar-refractivity contribution in [2.45, 2.75) is 18.4 Å². The third kappa shape index (κ3) is 17.4. The fourth-order valence-corrected chi connectivity index (χ4v) is 0.684. The Kier molecular flexibility index (Phi) is 17.6. The van der Waals surface area contributed by atoms with E-state index in [0.29, 0.717) is 0 Å².